The van der Waals surface area contributed by atoms with Crippen molar-refractivity contribution in [2.75, 3.05) is 0 Å². The Kier molecular flexibility index (Phi) is 5.00. The quantitative estimate of drug-likeness (QED) is 0.848. The summed E-state index contributed by atoms with van der Waals surface area (Å²) in [6.45, 7) is 3.36. The standard InChI is InChI=1S/C15H17NO4S2/c1-10-5-7-12(8-6-10)22(19,20)16-14(11(2)15(17)18)13-4-3-9-21-13/h3-9,11,14,16H,1-2H3,(H,17,18)/t11-,14+/m1/s1. The van der Waals surface area contributed by atoms with Crippen LogP contribution in [0.1, 0.15) is 23.4 Å². The van der Waals surface area contributed by atoms with Crippen LogP contribution in [0.25, 0.3) is 0 Å². The van der Waals surface area contributed by atoms with Crippen molar-refractivity contribution in [1.29, 1.82) is 0 Å². The highest BCUT2D eigenvalue weighted by Gasteiger charge is 2.30. The summed E-state index contributed by atoms with van der Waals surface area (Å²) in [5, 5.41) is 11.0. The van der Waals surface area contributed by atoms with E-state index in [2.05, 4.69) is 4.72 Å². The summed E-state index contributed by atoms with van der Waals surface area (Å²) in [4.78, 5) is 12.1. The maximum absolute atomic E-state index is 12.5. The third-order valence-electron chi connectivity index (χ3n) is 3.35. The molecule has 0 radical (unpaired) electrons. The highest BCUT2D eigenvalue weighted by Crippen LogP contribution is 2.28. The lowest BCUT2D eigenvalue weighted by Crippen LogP contribution is -2.35. The summed E-state index contributed by atoms with van der Waals surface area (Å²) < 4.78 is 27.5. The third kappa shape index (κ3) is 3.73. The number of thiophene rings is 1. The predicted molar refractivity (Wildman–Crippen MR) is 85.4 cm³/mol. The minimum absolute atomic E-state index is 0.122. The Morgan fingerprint density at radius 1 is 1.23 bits per heavy atom. The number of benzene rings is 1. The topological polar surface area (TPSA) is 83.5 Å². The maximum Gasteiger partial charge on any atom is 0.308 e. The van der Waals surface area contributed by atoms with Crippen molar-refractivity contribution >= 4 is 27.3 Å². The molecule has 0 bridgehead atoms. The van der Waals surface area contributed by atoms with Crippen LogP contribution in [0.15, 0.2) is 46.7 Å². The molecule has 2 rings (SSSR count). The zero-order valence-electron chi connectivity index (χ0n) is 12.2. The van der Waals surface area contributed by atoms with E-state index in [0.717, 1.165) is 5.56 Å². The number of aliphatic carboxylic acids is 1. The second-order valence-corrected chi connectivity index (χ2v) is 7.75. The van der Waals surface area contributed by atoms with E-state index in [-0.39, 0.29) is 4.90 Å². The molecule has 1 heterocycles. The average Bonchev–Trinajstić information content (AvgIpc) is 2.98. The second-order valence-electron chi connectivity index (χ2n) is 5.05. The van der Waals surface area contributed by atoms with E-state index in [1.54, 1.807) is 29.6 Å². The molecule has 0 saturated carbocycles. The van der Waals surface area contributed by atoms with Crippen molar-refractivity contribution in [1.82, 2.24) is 4.72 Å². The molecular formula is C15H17NO4S2. The van der Waals surface area contributed by atoms with Gasteiger partial charge in [0.2, 0.25) is 10.0 Å². The van der Waals surface area contributed by atoms with Crippen LogP contribution in [0.2, 0.25) is 0 Å². The fourth-order valence-electron chi connectivity index (χ4n) is 1.97. The lowest BCUT2D eigenvalue weighted by molar-refractivity contribution is -0.141. The summed E-state index contributed by atoms with van der Waals surface area (Å²) in [7, 11) is -3.79. The maximum atomic E-state index is 12.5. The molecule has 0 aliphatic heterocycles. The molecule has 0 spiro atoms. The first-order valence-electron chi connectivity index (χ1n) is 6.66. The monoisotopic (exact) mass is 339 g/mol. The Morgan fingerprint density at radius 2 is 1.86 bits per heavy atom. The highest BCUT2D eigenvalue weighted by molar-refractivity contribution is 7.89. The average molecular weight is 339 g/mol. The van der Waals surface area contributed by atoms with Gasteiger partial charge in [-0.3, -0.25) is 4.79 Å². The van der Waals surface area contributed by atoms with E-state index >= 15 is 0 Å². The van der Waals surface area contributed by atoms with E-state index in [1.807, 2.05) is 6.92 Å². The smallest absolute Gasteiger partial charge is 0.308 e. The first-order chi connectivity index (χ1) is 10.3. The number of hydrogen-bond donors (Lipinski definition) is 2. The van der Waals surface area contributed by atoms with Crippen molar-refractivity contribution < 1.29 is 18.3 Å². The molecule has 7 heteroatoms. The minimum Gasteiger partial charge on any atom is -0.481 e. The lowest BCUT2D eigenvalue weighted by Gasteiger charge is -2.21. The Morgan fingerprint density at radius 3 is 2.36 bits per heavy atom. The van der Waals surface area contributed by atoms with Gasteiger partial charge in [0.15, 0.2) is 0 Å². The van der Waals surface area contributed by atoms with E-state index in [1.165, 1.54) is 30.4 Å². The predicted octanol–water partition coefficient (Wildman–Crippen LogP) is 2.80. The molecule has 0 fully saturated rings. The molecule has 118 valence electrons. The number of aryl methyl sites for hydroxylation is 1. The third-order valence-corrected chi connectivity index (χ3v) is 5.77. The Hall–Kier alpha value is -1.70. The van der Waals surface area contributed by atoms with Gasteiger partial charge in [0.25, 0.3) is 0 Å². The number of carboxylic acids is 1. The van der Waals surface area contributed by atoms with Gasteiger partial charge >= 0.3 is 5.97 Å². The van der Waals surface area contributed by atoms with Crippen molar-refractivity contribution in [3.05, 3.63) is 52.2 Å². The molecule has 0 aliphatic rings. The van der Waals surface area contributed by atoms with Crippen LogP contribution in [0, 0.1) is 12.8 Å². The van der Waals surface area contributed by atoms with E-state index in [0.29, 0.717) is 4.88 Å². The van der Waals surface area contributed by atoms with Gasteiger partial charge in [-0.05, 0) is 37.4 Å². The summed E-state index contributed by atoms with van der Waals surface area (Å²) in [6.07, 6.45) is 0. The molecule has 0 unspecified atom stereocenters. The van der Waals surface area contributed by atoms with Crippen molar-refractivity contribution in [2.45, 2.75) is 24.8 Å². The van der Waals surface area contributed by atoms with Crippen LogP contribution in [0.5, 0.6) is 0 Å². The van der Waals surface area contributed by atoms with E-state index in [9.17, 15) is 18.3 Å². The van der Waals surface area contributed by atoms with Gasteiger partial charge in [-0.2, -0.15) is 0 Å². The molecule has 0 amide bonds. The van der Waals surface area contributed by atoms with E-state index in [4.69, 9.17) is 0 Å². The lowest BCUT2D eigenvalue weighted by atomic mass is 10.0. The SMILES string of the molecule is Cc1ccc(S(=O)(=O)N[C@H](c2cccs2)[C@@H](C)C(=O)O)cc1. The first-order valence-corrected chi connectivity index (χ1v) is 9.03. The molecule has 2 aromatic rings. The zero-order chi connectivity index (χ0) is 16.3. The molecule has 2 N–H and O–H groups in total. The second kappa shape index (κ2) is 6.60. The van der Waals surface area contributed by atoms with Crippen molar-refractivity contribution in [3.8, 4) is 0 Å². The van der Waals surface area contributed by atoms with Crippen LogP contribution < -0.4 is 4.72 Å². The molecule has 22 heavy (non-hydrogen) atoms. The number of hydrogen-bond acceptors (Lipinski definition) is 4. The first kappa shape index (κ1) is 16.7. The molecular weight excluding hydrogens is 322 g/mol. The summed E-state index contributed by atoms with van der Waals surface area (Å²) >= 11 is 1.32. The number of carbonyl (C=O) groups is 1. The van der Waals surface area contributed by atoms with Crippen LogP contribution >= 0.6 is 11.3 Å². The molecule has 1 aromatic heterocycles. The summed E-state index contributed by atoms with van der Waals surface area (Å²) in [5.74, 6) is -1.93. The normalized spacial score (nSPS) is 14.5. The number of rotatable bonds is 6. The van der Waals surface area contributed by atoms with Gasteiger partial charge in [-0.1, -0.05) is 23.8 Å². The summed E-state index contributed by atoms with van der Waals surface area (Å²) in [5.41, 5.74) is 0.952. The van der Waals surface area contributed by atoms with Gasteiger partial charge in [0.05, 0.1) is 16.9 Å². The zero-order valence-corrected chi connectivity index (χ0v) is 13.8. The number of carboxylic acid groups (broad SMARTS) is 1. The molecule has 5 nitrogen and oxygen atoms in total. The van der Waals surface area contributed by atoms with Gasteiger partial charge in [0.1, 0.15) is 0 Å². The fraction of sp³-hybridized carbons (Fsp3) is 0.267. The van der Waals surface area contributed by atoms with Crippen molar-refractivity contribution in [2.24, 2.45) is 5.92 Å². The van der Waals surface area contributed by atoms with Gasteiger partial charge in [0, 0.05) is 4.88 Å². The highest BCUT2D eigenvalue weighted by atomic mass is 32.2. The minimum atomic E-state index is -3.79. The van der Waals surface area contributed by atoms with Crippen molar-refractivity contribution in [3.63, 3.8) is 0 Å². The Balaban J connectivity index is 2.34. The van der Waals surface area contributed by atoms with Gasteiger partial charge in [-0.25, -0.2) is 13.1 Å². The van der Waals surface area contributed by atoms with Crippen LogP contribution in [0.3, 0.4) is 0 Å². The van der Waals surface area contributed by atoms with Crippen LogP contribution in [-0.4, -0.2) is 19.5 Å². The molecule has 2 atom stereocenters. The van der Waals surface area contributed by atoms with E-state index < -0.39 is 28.0 Å². The number of nitrogens with one attached hydrogen (secondary N) is 1. The molecule has 0 saturated heterocycles. The molecule has 1 aromatic carbocycles. The van der Waals surface area contributed by atoms with Gasteiger partial charge in [-0.15, -0.1) is 11.3 Å². The largest absolute Gasteiger partial charge is 0.481 e. The van der Waals surface area contributed by atoms with Crippen LogP contribution in [-0.2, 0) is 14.8 Å². The summed E-state index contributed by atoms with van der Waals surface area (Å²) in [6, 6.07) is 9.12. The molecule has 0 aliphatic carbocycles. The Bertz CT molecular complexity index is 736. The van der Waals surface area contributed by atoms with Crippen LogP contribution in [0.4, 0.5) is 0 Å². The fourth-order valence-corrected chi connectivity index (χ4v) is 4.22. The Labute approximate surface area is 133 Å². The van der Waals surface area contributed by atoms with Gasteiger partial charge < -0.3 is 5.11 Å². The number of sulfonamides is 1.